The highest BCUT2D eigenvalue weighted by atomic mass is 19.3. The van der Waals surface area contributed by atoms with E-state index in [4.69, 9.17) is 5.26 Å². The Bertz CT molecular complexity index is 642. The lowest BCUT2D eigenvalue weighted by atomic mass is 9.92. The van der Waals surface area contributed by atoms with Crippen LogP contribution in [0.2, 0.25) is 0 Å². The van der Waals surface area contributed by atoms with Crippen LogP contribution in [0.5, 0.6) is 0 Å². The van der Waals surface area contributed by atoms with Crippen molar-refractivity contribution >= 4 is 10.9 Å². The Hall–Kier alpha value is -1.89. The van der Waals surface area contributed by atoms with Crippen LogP contribution >= 0.6 is 0 Å². The molecule has 0 radical (unpaired) electrons. The highest BCUT2D eigenvalue weighted by Crippen LogP contribution is 2.39. The molecule has 0 atom stereocenters. The molecule has 2 aromatic rings. The van der Waals surface area contributed by atoms with Gasteiger partial charge in [0.2, 0.25) is 5.92 Å². The molecular weight excluding hydrogens is 246 g/mol. The Kier molecular flexibility index (Phi) is 2.78. The van der Waals surface area contributed by atoms with Gasteiger partial charge in [0.1, 0.15) is 0 Å². The van der Waals surface area contributed by atoms with Crippen LogP contribution in [0, 0.1) is 11.3 Å². The van der Waals surface area contributed by atoms with Crippen LogP contribution in [0.3, 0.4) is 0 Å². The lowest BCUT2D eigenvalue weighted by Gasteiger charge is -2.29. The third-order valence-electron chi connectivity index (χ3n) is 3.93. The van der Waals surface area contributed by atoms with Gasteiger partial charge in [0.25, 0.3) is 0 Å². The molecule has 4 heteroatoms. The van der Waals surface area contributed by atoms with E-state index in [2.05, 4.69) is 6.07 Å². The number of hydrogen-bond acceptors (Lipinski definition) is 1. The maximum absolute atomic E-state index is 13.2. The normalized spacial score (nSPS) is 19.4. The number of benzene rings is 1. The summed E-state index contributed by atoms with van der Waals surface area (Å²) in [6, 6.07) is 9.73. The van der Waals surface area contributed by atoms with Crippen LogP contribution in [-0.2, 0) is 0 Å². The Balaban J connectivity index is 1.95. The van der Waals surface area contributed by atoms with E-state index in [1.165, 1.54) is 0 Å². The zero-order valence-corrected chi connectivity index (χ0v) is 10.4. The molecule has 1 saturated carbocycles. The molecule has 0 saturated heterocycles. The predicted octanol–water partition coefficient (Wildman–Crippen LogP) is 4.26. The van der Waals surface area contributed by atoms with Gasteiger partial charge in [-0.15, -0.1) is 0 Å². The third kappa shape index (κ3) is 2.21. The molecule has 1 heterocycles. The average Bonchev–Trinajstić information content (AvgIpc) is 2.81. The zero-order valence-electron chi connectivity index (χ0n) is 10.4. The fourth-order valence-electron chi connectivity index (χ4n) is 2.84. The second kappa shape index (κ2) is 4.34. The largest absolute Gasteiger partial charge is 0.344 e. The fourth-order valence-corrected chi connectivity index (χ4v) is 2.84. The van der Waals surface area contributed by atoms with Crippen molar-refractivity contribution in [3.05, 3.63) is 36.0 Å². The minimum atomic E-state index is -2.50. The van der Waals surface area contributed by atoms with Crippen molar-refractivity contribution in [2.45, 2.75) is 37.6 Å². The lowest BCUT2D eigenvalue weighted by molar-refractivity contribution is -0.0435. The van der Waals surface area contributed by atoms with Gasteiger partial charge >= 0.3 is 0 Å². The summed E-state index contributed by atoms with van der Waals surface area (Å²) in [5.74, 6) is -2.50. The molecule has 0 amide bonds. The number of fused-ring (bicyclic) bond motifs is 1. The van der Waals surface area contributed by atoms with Crippen molar-refractivity contribution in [3.63, 3.8) is 0 Å². The summed E-state index contributed by atoms with van der Waals surface area (Å²) in [5, 5.41) is 10.00. The Labute approximate surface area is 110 Å². The van der Waals surface area contributed by atoms with Crippen molar-refractivity contribution in [1.29, 1.82) is 5.26 Å². The zero-order chi connectivity index (χ0) is 13.5. The van der Waals surface area contributed by atoms with Crippen LogP contribution in [0.1, 0.15) is 37.3 Å². The molecule has 19 heavy (non-hydrogen) atoms. The van der Waals surface area contributed by atoms with Crippen LogP contribution in [0.25, 0.3) is 10.9 Å². The first-order valence-electron chi connectivity index (χ1n) is 6.48. The van der Waals surface area contributed by atoms with Crippen LogP contribution < -0.4 is 0 Å². The van der Waals surface area contributed by atoms with Gasteiger partial charge in [-0.2, -0.15) is 5.26 Å². The first-order chi connectivity index (χ1) is 9.09. The van der Waals surface area contributed by atoms with Gasteiger partial charge in [0, 0.05) is 30.6 Å². The second-order valence-corrected chi connectivity index (χ2v) is 5.20. The quantitative estimate of drug-likeness (QED) is 0.753. The highest BCUT2D eigenvalue weighted by Gasteiger charge is 2.35. The molecule has 0 N–H and O–H groups in total. The molecule has 2 nitrogen and oxygen atoms in total. The predicted molar refractivity (Wildman–Crippen MR) is 69.1 cm³/mol. The van der Waals surface area contributed by atoms with Crippen molar-refractivity contribution in [2.24, 2.45) is 0 Å². The molecule has 0 unspecified atom stereocenters. The summed E-state index contributed by atoms with van der Waals surface area (Å²) in [6.07, 6.45) is 2.84. The third-order valence-corrected chi connectivity index (χ3v) is 3.93. The molecule has 0 spiro atoms. The summed E-state index contributed by atoms with van der Waals surface area (Å²) >= 11 is 0. The van der Waals surface area contributed by atoms with Gasteiger partial charge in [0.05, 0.1) is 11.6 Å². The van der Waals surface area contributed by atoms with Crippen molar-refractivity contribution in [2.75, 3.05) is 0 Å². The molecule has 0 aliphatic heterocycles. The first-order valence-corrected chi connectivity index (χ1v) is 6.48. The molecule has 3 rings (SSSR count). The standard InChI is InChI=1S/C15H14F2N2/c16-15(17)6-3-13(4-7-15)19-8-5-12-2-1-11(10-18)9-14(12)19/h1-2,5,8-9,13H,3-4,6-7H2. The number of nitrogens with zero attached hydrogens (tertiary/aromatic N) is 2. The maximum atomic E-state index is 13.2. The summed E-state index contributed by atoms with van der Waals surface area (Å²) < 4.78 is 28.4. The fraction of sp³-hybridized carbons (Fsp3) is 0.400. The first kappa shape index (κ1) is 12.2. The van der Waals surface area contributed by atoms with E-state index in [-0.39, 0.29) is 18.9 Å². The van der Waals surface area contributed by atoms with Crippen LogP contribution in [-0.4, -0.2) is 10.5 Å². The summed E-state index contributed by atoms with van der Waals surface area (Å²) in [7, 11) is 0. The monoisotopic (exact) mass is 260 g/mol. The van der Waals surface area contributed by atoms with Crippen LogP contribution in [0.4, 0.5) is 8.78 Å². The van der Waals surface area contributed by atoms with E-state index in [0.29, 0.717) is 18.4 Å². The molecule has 1 aliphatic carbocycles. The molecule has 0 bridgehead atoms. The minimum absolute atomic E-state index is 0.0463. The van der Waals surface area contributed by atoms with Crippen molar-refractivity contribution < 1.29 is 8.78 Å². The SMILES string of the molecule is N#Cc1ccc2ccn(C3CCC(F)(F)CC3)c2c1. The van der Waals surface area contributed by atoms with Crippen molar-refractivity contribution in [1.82, 2.24) is 4.57 Å². The lowest BCUT2D eigenvalue weighted by Crippen LogP contribution is -2.26. The van der Waals surface area contributed by atoms with E-state index < -0.39 is 5.92 Å². The summed E-state index contributed by atoms with van der Waals surface area (Å²) in [6.45, 7) is 0. The van der Waals surface area contributed by atoms with E-state index in [0.717, 1.165) is 10.9 Å². The minimum Gasteiger partial charge on any atom is -0.344 e. The van der Waals surface area contributed by atoms with Gasteiger partial charge < -0.3 is 4.57 Å². The topological polar surface area (TPSA) is 28.7 Å². The van der Waals surface area contributed by atoms with Gasteiger partial charge in [-0.05, 0) is 36.4 Å². The van der Waals surface area contributed by atoms with E-state index in [9.17, 15) is 8.78 Å². The number of nitriles is 1. The number of alkyl halides is 2. The van der Waals surface area contributed by atoms with Crippen molar-refractivity contribution in [3.8, 4) is 6.07 Å². The molecule has 1 fully saturated rings. The summed E-state index contributed by atoms with van der Waals surface area (Å²) in [4.78, 5) is 0. The Morgan fingerprint density at radius 1 is 1.21 bits per heavy atom. The summed E-state index contributed by atoms with van der Waals surface area (Å²) in [5.41, 5.74) is 1.57. The van der Waals surface area contributed by atoms with E-state index in [1.54, 1.807) is 6.07 Å². The second-order valence-electron chi connectivity index (χ2n) is 5.20. The Morgan fingerprint density at radius 3 is 2.63 bits per heavy atom. The number of hydrogen-bond donors (Lipinski definition) is 0. The van der Waals surface area contributed by atoms with Crippen LogP contribution in [0.15, 0.2) is 30.5 Å². The average molecular weight is 260 g/mol. The molecule has 1 aliphatic rings. The van der Waals surface area contributed by atoms with E-state index >= 15 is 0 Å². The van der Waals surface area contributed by atoms with E-state index in [1.807, 2.05) is 29.0 Å². The number of aromatic nitrogens is 1. The Morgan fingerprint density at radius 2 is 1.95 bits per heavy atom. The molecular formula is C15H14F2N2. The number of rotatable bonds is 1. The molecule has 1 aromatic carbocycles. The van der Waals surface area contributed by atoms with Gasteiger partial charge in [-0.25, -0.2) is 8.78 Å². The highest BCUT2D eigenvalue weighted by molar-refractivity contribution is 5.81. The van der Waals surface area contributed by atoms with Gasteiger partial charge in [-0.1, -0.05) is 6.07 Å². The smallest absolute Gasteiger partial charge is 0.248 e. The van der Waals surface area contributed by atoms with Gasteiger partial charge in [-0.3, -0.25) is 0 Å². The number of halogens is 2. The maximum Gasteiger partial charge on any atom is 0.248 e. The van der Waals surface area contributed by atoms with Gasteiger partial charge in [0.15, 0.2) is 0 Å². The molecule has 1 aromatic heterocycles. The molecule has 98 valence electrons.